The number of hydrogen-bond donors (Lipinski definition) is 1. The van der Waals surface area contributed by atoms with Gasteiger partial charge in [0.1, 0.15) is 5.82 Å². The van der Waals surface area contributed by atoms with Crippen molar-refractivity contribution in [3.8, 4) is 0 Å². The lowest BCUT2D eigenvalue weighted by molar-refractivity contribution is -0.133. The number of nitrogens with one attached hydrogen (secondary N) is 1. The number of carbonyl (C=O) groups is 1. The van der Waals surface area contributed by atoms with Crippen LogP contribution in [-0.4, -0.2) is 45.5 Å². The summed E-state index contributed by atoms with van der Waals surface area (Å²) in [6.07, 6.45) is 8.35. The first-order valence-electron chi connectivity index (χ1n) is 9.08. The van der Waals surface area contributed by atoms with Crippen LogP contribution in [0.1, 0.15) is 25.0 Å². The van der Waals surface area contributed by atoms with Crippen molar-refractivity contribution in [2.45, 2.75) is 32.2 Å². The molecule has 0 aromatic carbocycles. The molecule has 1 atom stereocenters. The van der Waals surface area contributed by atoms with Gasteiger partial charge in [-0.25, -0.2) is 4.98 Å². The van der Waals surface area contributed by atoms with Crippen LogP contribution in [-0.2, 0) is 17.8 Å². The molecule has 7 heteroatoms. The zero-order chi connectivity index (χ0) is 18.4. The van der Waals surface area contributed by atoms with Crippen LogP contribution in [0.5, 0.6) is 0 Å². The molecule has 0 saturated carbocycles. The van der Waals surface area contributed by atoms with Gasteiger partial charge in [-0.1, -0.05) is 6.07 Å². The zero-order valence-corrected chi connectivity index (χ0v) is 15.1. The third-order valence-electron chi connectivity index (χ3n) is 4.83. The number of piperidine rings is 1. The van der Waals surface area contributed by atoms with Gasteiger partial charge in [-0.05, 0) is 31.2 Å². The molecule has 138 valence electrons. The minimum absolute atomic E-state index is 0.0703. The van der Waals surface area contributed by atoms with Crippen molar-refractivity contribution in [3.05, 3.63) is 52.8 Å². The van der Waals surface area contributed by atoms with E-state index in [-0.39, 0.29) is 11.5 Å². The molecule has 1 saturated heterocycles. The second-order valence-electron chi connectivity index (χ2n) is 6.64. The summed E-state index contributed by atoms with van der Waals surface area (Å²) in [5, 5.41) is 3.08. The lowest BCUT2D eigenvalue weighted by Crippen LogP contribution is -2.41. The fourth-order valence-corrected chi connectivity index (χ4v) is 3.48. The maximum absolute atomic E-state index is 12.6. The minimum atomic E-state index is -0.0703. The normalized spacial score (nSPS) is 17.1. The highest BCUT2D eigenvalue weighted by atomic mass is 16.2. The number of amides is 1. The Kier molecular flexibility index (Phi) is 5.99. The predicted molar refractivity (Wildman–Crippen MR) is 99.9 cm³/mol. The summed E-state index contributed by atoms with van der Waals surface area (Å²) < 4.78 is 1.58. The molecular weight excluding hydrogens is 330 g/mol. The molecule has 1 fully saturated rings. The van der Waals surface area contributed by atoms with Crippen LogP contribution in [0.3, 0.4) is 0 Å². The maximum Gasteiger partial charge on any atom is 0.250 e. The SMILES string of the molecule is CNc1nccnc1C[C@@H]1CCCN(C(=O)CCn2ccccc2=O)C1. The average Bonchev–Trinajstić information content (AvgIpc) is 2.68. The second kappa shape index (κ2) is 8.60. The van der Waals surface area contributed by atoms with Crippen molar-refractivity contribution >= 4 is 11.7 Å². The molecule has 3 rings (SSSR count). The van der Waals surface area contributed by atoms with Crippen molar-refractivity contribution < 1.29 is 4.79 Å². The molecule has 1 aliphatic rings. The smallest absolute Gasteiger partial charge is 0.250 e. The van der Waals surface area contributed by atoms with Crippen LogP contribution in [0.15, 0.2) is 41.6 Å². The average molecular weight is 355 g/mol. The monoisotopic (exact) mass is 355 g/mol. The van der Waals surface area contributed by atoms with Crippen molar-refractivity contribution in [1.29, 1.82) is 0 Å². The van der Waals surface area contributed by atoms with Crippen LogP contribution in [0, 0.1) is 5.92 Å². The van der Waals surface area contributed by atoms with E-state index in [1.54, 1.807) is 29.2 Å². The van der Waals surface area contributed by atoms with E-state index in [4.69, 9.17) is 0 Å². The highest BCUT2D eigenvalue weighted by molar-refractivity contribution is 5.76. The highest BCUT2D eigenvalue weighted by Gasteiger charge is 2.24. The number of likely N-dealkylation sites (tertiary alicyclic amines) is 1. The van der Waals surface area contributed by atoms with E-state index in [1.807, 2.05) is 18.0 Å². The number of carbonyl (C=O) groups excluding carboxylic acids is 1. The van der Waals surface area contributed by atoms with Gasteiger partial charge in [-0.2, -0.15) is 0 Å². The summed E-state index contributed by atoms with van der Waals surface area (Å²) in [7, 11) is 1.84. The molecule has 26 heavy (non-hydrogen) atoms. The Bertz CT molecular complexity index is 804. The number of anilines is 1. The first kappa shape index (κ1) is 18.1. The fraction of sp³-hybridized carbons (Fsp3) is 0.474. The molecule has 3 heterocycles. The van der Waals surface area contributed by atoms with Gasteiger partial charge in [0, 0.05) is 57.8 Å². The third-order valence-corrected chi connectivity index (χ3v) is 4.83. The summed E-state index contributed by atoms with van der Waals surface area (Å²) >= 11 is 0. The van der Waals surface area contributed by atoms with E-state index >= 15 is 0 Å². The number of hydrogen-bond acceptors (Lipinski definition) is 5. The first-order chi connectivity index (χ1) is 12.7. The largest absolute Gasteiger partial charge is 0.372 e. The molecule has 7 nitrogen and oxygen atoms in total. The van der Waals surface area contributed by atoms with Crippen LogP contribution in [0.2, 0.25) is 0 Å². The van der Waals surface area contributed by atoms with Gasteiger partial charge in [-0.3, -0.25) is 14.6 Å². The molecule has 0 spiro atoms. The van der Waals surface area contributed by atoms with Gasteiger partial charge in [-0.15, -0.1) is 0 Å². The molecule has 0 bridgehead atoms. The van der Waals surface area contributed by atoms with E-state index in [2.05, 4.69) is 15.3 Å². The summed E-state index contributed by atoms with van der Waals surface area (Å²) in [5.41, 5.74) is 0.879. The molecule has 0 aliphatic carbocycles. The highest BCUT2D eigenvalue weighted by Crippen LogP contribution is 2.23. The van der Waals surface area contributed by atoms with E-state index < -0.39 is 0 Å². The molecule has 2 aromatic rings. The minimum Gasteiger partial charge on any atom is -0.372 e. The van der Waals surface area contributed by atoms with Crippen molar-refractivity contribution in [1.82, 2.24) is 19.4 Å². The number of pyridine rings is 1. The van der Waals surface area contributed by atoms with Gasteiger partial charge in [0.2, 0.25) is 5.91 Å². The molecule has 2 aromatic heterocycles. The predicted octanol–water partition coefficient (Wildman–Crippen LogP) is 1.55. The molecule has 0 radical (unpaired) electrons. The van der Waals surface area contributed by atoms with Crippen LogP contribution < -0.4 is 10.9 Å². The Balaban J connectivity index is 1.56. The molecule has 1 N–H and O–H groups in total. The molecule has 1 aliphatic heterocycles. The Morgan fingerprint density at radius 2 is 2.15 bits per heavy atom. The third kappa shape index (κ3) is 4.47. The first-order valence-corrected chi connectivity index (χ1v) is 9.08. The molecular formula is C19H25N5O2. The van der Waals surface area contributed by atoms with Crippen molar-refractivity contribution in [3.63, 3.8) is 0 Å². The molecule has 0 unspecified atom stereocenters. The van der Waals surface area contributed by atoms with Gasteiger partial charge in [0.15, 0.2) is 0 Å². The molecule has 1 amide bonds. The van der Waals surface area contributed by atoms with E-state index in [0.717, 1.165) is 43.9 Å². The number of aromatic nitrogens is 3. The number of nitrogens with zero attached hydrogens (tertiary/aromatic N) is 4. The lowest BCUT2D eigenvalue weighted by atomic mass is 9.93. The van der Waals surface area contributed by atoms with Crippen molar-refractivity contribution in [2.24, 2.45) is 5.92 Å². The quantitative estimate of drug-likeness (QED) is 0.850. The van der Waals surface area contributed by atoms with Crippen LogP contribution in [0.25, 0.3) is 0 Å². The van der Waals surface area contributed by atoms with E-state index in [9.17, 15) is 9.59 Å². The van der Waals surface area contributed by atoms with Crippen molar-refractivity contribution in [2.75, 3.05) is 25.5 Å². The standard InChI is InChI=1S/C19H25N5O2/c1-20-19-16(21-8-9-22-19)13-15-5-4-11-24(14-15)18(26)7-12-23-10-3-2-6-17(23)25/h2-3,6,8-10,15H,4-5,7,11-14H2,1H3,(H,20,22)/t15-/m0/s1. The Hall–Kier alpha value is -2.70. The van der Waals surface area contributed by atoms with E-state index in [0.29, 0.717) is 18.9 Å². The van der Waals surface area contributed by atoms with Crippen LogP contribution >= 0.6 is 0 Å². The Morgan fingerprint density at radius 1 is 1.31 bits per heavy atom. The summed E-state index contributed by atoms with van der Waals surface area (Å²) in [4.78, 5) is 35.0. The summed E-state index contributed by atoms with van der Waals surface area (Å²) in [6.45, 7) is 1.95. The van der Waals surface area contributed by atoms with Gasteiger partial charge >= 0.3 is 0 Å². The van der Waals surface area contributed by atoms with Gasteiger partial charge in [0.25, 0.3) is 5.56 Å². The lowest BCUT2D eigenvalue weighted by Gasteiger charge is -2.33. The Morgan fingerprint density at radius 3 is 2.96 bits per heavy atom. The zero-order valence-electron chi connectivity index (χ0n) is 15.1. The van der Waals surface area contributed by atoms with Gasteiger partial charge in [0.05, 0.1) is 5.69 Å². The fourth-order valence-electron chi connectivity index (χ4n) is 3.48. The number of aryl methyl sites for hydroxylation is 1. The van der Waals surface area contributed by atoms with Gasteiger partial charge < -0.3 is 14.8 Å². The van der Waals surface area contributed by atoms with E-state index in [1.165, 1.54) is 6.07 Å². The topological polar surface area (TPSA) is 80.1 Å². The summed E-state index contributed by atoms with van der Waals surface area (Å²) in [6, 6.07) is 5.03. The number of rotatable bonds is 6. The maximum atomic E-state index is 12.6. The summed E-state index contributed by atoms with van der Waals surface area (Å²) in [5.74, 6) is 1.30. The van der Waals surface area contributed by atoms with Crippen LogP contribution in [0.4, 0.5) is 5.82 Å². The Labute approximate surface area is 153 Å². The second-order valence-corrected chi connectivity index (χ2v) is 6.64.